The molecule has 2 N–H and O–H groups in total. The van der Waals surface area contributed by atoms with Gasteiger partial charge < -0.3 is 10.6 Å². The minimum Gasteiger partial charge on any atom is -0.323 e. The third-order valence-corrected chi connectivity index (χ3v) is 2.94. The summed E-state index contributed by atoms with van der Waals surface area (Å²) in [7, 11) is 1.72. The van der Waals surface area contributed by atoms with E-state index in [9.17, 15) is 4.79 Å². The molecule has 0 saturated heterocycles. The van der Waals surface area contributed by atoms with Crippen LogP contribution in [0.4, 0.5) is 5.69 Å². The van der Waals surface area contributed by atoms with Crippen LogP contribution in [-0.2, 0) is 4.79 Å². The van der Waals surface area contributed by atoms with Gasteiger partial charge in [0.25, 0.3) is 0 Å². The zero-order valence-corrected chi connectivity index (χ0v) is 11.3. The number of nitrogens with zero attached hydrogens (tertiary/aromatic N) is 3. The van der Waals surface area contributed by atoms with Gasteiger partial charge in [-0.1, -0.05) is 11.6 Å². The molecule has 0 spiro atoms. The molecule has 0 bridgehead atoms. The van der Waals surface area contributed by atoms with Crippen LogP contribution < -0.4 is 10.6 Å². The summed E-state index contributed by atoms with van der Waals surface area (Å²) < 4.78 is 1.57. The minimum absolute atomic E-state index is 0.147. The first-order chi connectivity index (χ1) is 9.11. The summed E-state index contributed by atoms with van der Waals surface area (Å²) >= 11 is 5.96. The van der Waals surface area contributed by atoms with E-state index in [1.165, 1.54) is 6.33 Å². The van der Waals surface area contributed by atoms with E-state index in [1.807, 2.05) is 0 Å². The Bertz CT molecular complexity index is 570. The number of carbonyl (C=O) groups excluding carboxylic acids is 1. The highest BCUT2D eigenvalue weighted by molar-refractivity contribution is 6.31. The van der Waals surface area contributed by atoms with Crippen molar-refractivity contribution >= 4 is 23.2 Å². The molecule has 0 fully saturated rings. The second kappa shape index (κ2) is 5.81. The van der Waals surface area contributed by atoms with Gasteiger partial charge in [-0.05, 0) is 32.2 Å². The summed E-state index contributed by atoms with van der Waals surface area (Å²) in [5.74, 6) is -0.147. The van der Waals surface area contributed by atoms with Gasteiger partial charge in [0, 0.05) is 5.02 Å². The second-order valence-electron chi connectivity index (χ2n) is 4.00. The van der Waals surface area contributed by atoms with Gasteiger partial charge in [0.2, 0.25) is 5.91 Å². The van der Waals surface area contributed by atoms with Gasteiger partial charge in [0.1, 0.15) is 12.7 Å². The highest BCUT2D eigenvalue weighted by Crippen LogP contribution is 2.24. The number of rotatable bonds is 4. The first kappa shape index (κ1) is 13.5. The van der Waals surface area contributed by atoms with E-state index in [-0.39, 0.29) is 11.9 Å². The van der Waals surface area contributed by atoms with Gasteiger partial charge in [-0.25, -0.2) is 9.67 Å². The smallest absolute Gasteiger partial charge is 0.241 e. The SMILES string of the molecule is CNC(C)C(=O)Nc1cc(Cl)ccc1-n1cncn1. The highest BCUT2D eigenvalue weighted by Gasteiger charge is 2.14. The summed E-state index contributed by atoms with van der Waals surface area (Å²) in [5.41, 5.74) is 1.30. The minimum atomic E-state index is -0.303. The van der Waals surface area contributed by atoms with E-state index in [0.29, 0.717) is 16.4 Å². The van der Waals surface area contributed by atoms with Gasteiger partial charge >= 0.3 is 0 Å². The van der Waals surface area contributed by atoms with Crippen molar-refractivity contribution in [3.05, 3.63) is 35.9 Å². The first-order valence-corrected chi connectivity index (χ1v) is 6.12. The molecule has 6 nitrogen and oxygen atoms in total. The molecule has 1 heterocycles. The Balaban J connectivity index is 2.33. The average molecular weight is 280 g/mol. The molecule has 7 heteroatoms. The van der Waals surface area contributed by atoms with Gasteiger partial charge in [-0.15, -0.1) is 0 Å². The molecule has 2 rings (SSSR count). The first-order valence-electron chi connectivity index (χ1n) is 5.74. The number of hydrogen-bond donors (Lipinski definition) is 2. The molecule has 0 radical (unpaired) electrons. The van der Waals surface area contributed by atoms with Crippen molar-refractivity contribution in [2.24, 2.45) is 0 Å². The Labute approximate surface area is 115 Å². The normalized spacial score (nSPS) is 12.2. The maximum atomic E-state index is 11.9. The number of halogens is 1. The van der Waals surface area contributed by atoms with Crippen molar-refractivity contribution in [3.8, 4) is 5.69 Å². The number of nitrogens with one attached hydrogen (secondary N) is 2. The van der Waals surface area contributed by atoms with E-state index in [0.717, 1.165) is 0 Å². The van der Waals surface area contributed by atoms with Crippen molar-refractivity contribution in [2.75, 3.05) is 12.4 Å². The number of benzene rings is 1. The predicted octanol–water partition coefficient (Wildman–Crippen LogP) is 1.47. The van der Waals surface area contributed by atoms with Crippen LogP contribution in [0.15, 0.2) is 30.9 Å². The Hall–Kier alpha value is -1.92. The molecule has 1 amide bonds. The lowest BCUT2D eigenvalue weighted by atomic mass is 10.2. The van der Waals surface area contributed by atoms with Crippen LogP contribution in [0, 0.1) is 0 Å². The van der Waals surface area contributed by atoms with Crippen LogP contribution in [-0.4, -0.2) is 33.8 Å². The fourth-order valence-corrected chi connectivity index (χ4v) is 1.68. The van der Waals surface area contributed by atoms with Gasteiger partial charge in [-0.3, -0.25) is 4.79 Å². The van der Waals surface area contributed by atoms with Crippen LogP contribution in [0.1, 0.15) is 6.92 Å². The molecule has 1 unspecified atom stereocenters. The summed E-state index contributed by atoms with van der Waals surface area (Å²) in [6, 6.07) is 4.88. The Morgan fingerprint density at radius 3 is 2.89 bits per heavy atom. The molecule has 19 heavy (non-hydrogen) atoms. The quantitative estimate of drug-likeness (QED) is 0.889. The monoisotopic (exact) mass is 279 g/mol. The lowest BCUT2D eigenvalue weighted by Gasteiger charge is -2.14. The number of aromatic nitrogens is 3. The van der Waals surface area contributed by atoms with E-state index < -0.39 is 0 Å². The molecule has 0 aliphatic carbocycles. The van der Waals surface area contributed by atoms with Gasteiger partial charge in [0.15, 0.2) is 0 Å². The van der Waals surface area contributed by atoms with Crippen LogP contribution in [0.2, 0.25) is 5.02 Å². The largest absolute Gasteiger partial charge is 0.323 e. The van der Waals surface area contributed by atoms with E-state index in [4.69, 9.17) is 11.6 Å². The zero-order chi connectivity index (χ0) is 13.8. The van der Waals surface area contributed by atoms with Crippen LogP contribution >= 0.6 is 11.6 Å². The van der Waals surface area contributed by atoms with E-state index in [2.05, 4.69) is 20.7 Å². The third kappa shape index (κ3) is 3.10. The molecule has 100 valence electrons. The lowest BCUT2D eigenvalue weighted by molar-refractivity contribution is -0.117. The maximum absolute atomic E-state index is 11.9. The van der Waals surface area contributed by atoms with Crippen molar-refractivity contribution in [2.45, 2.75) is 13.0 Å². The number of anilines is 1. The van der Waals surface area contributed by atoms with E-state index in [1.54, 1.807) is 43.2 Å². The molecular weight excluding hydrogens is 266 g/mol. The summed E-state index contributed by atoms with van der Waals surface area (Å²) in [6.07, 6.45) is 2.98. The number of carbonyl (C=O) groups is 1. The summed E-state index contributed by atoms with van der Waals surface area (Å²) in [6.45, 7) is 1.77. The van der Waals surface area contributed by atoms with Crippen molar-refractivity contribution in [1.82, 2.24) is 20.1 Å². The second-order valence-corrected chi connectivity index (χ2v) is 4.44. The van der Waals surface area contributed by atoms with Gasteiger partial charge in [-0.2, -0.15) is 5.10 Å². The standard InChI is InChI=1S/C12H14ClN5O/c1-8(14-2)12(19)17-10-5-9(13)3-4-11(10)18-7-15-6-16-18/h3-8,14H,1-2H3,(H,17,19). The predicted molar refractivity (Wildman–Crippen MR) is 73.5 cm³/mol. The highest BCUT2D eigenvalue weighted by atomic mass is 35.5. The third-order valence-electron chi connectivity index (χ3n) is 2.71. The number of likely N-dealkylation sites (N-methyl/N-ethyl adjacent to an activating group) is 1. The molecule has 1 aromatic carbocycles. The fraction of sp³-hybridized carbons (Fsp3) is 0.250. The Morgan fingerprint density at radius 1 is 1.47 bits per heavy atom. The van der Waals surface area contributed by atoms with Crippen molar-refractivity contribution < 1.29 is 4.79 Å². The molecule has 0 aliphatic heterocycles. The zero-order valence-electron chi connectivity index (χ0n) is 10.6. The van der Waals surface area contributed by atoms with Crippen molar-refractivity contribution in [3.63, 3.8) is 0 Å². The number of hydrogen-bond acceptors (Lipinski definition) is 4. The average Bonchev–Trinajstić information content (AvgIpc) is 2.91. The molecule has 1 atom stereocenters. The summed E-state index contributed by atoms with van der Waals surface area (Å²) in [4.78, 5) is 15.8. The Kier molecular flexibility index (Phi) is 4.13. The van der Waals surface area contributed by atoms with Crippen LogP contribution in [0.5, 0.6) is 0 Å². The topological polar surface area (TPSA) is 71.8 Å². The molecule has 1 aromatic heterocycles. The molecule has 0 aliphatic rings. The molecule has 2 aromatic rings. The van der Waals surface area contributed by atoms with Crippen LogP contribution in [0.25, 0.3) is 5.69 Å². The van der Waals surface area contributed by atoms with Crippen molar-refractivity contribution in [1.29, 1.82) is 0 Å². The lowest BCUT2D eigenvalue weighted by Crippen LogP contribution is -2.35. The van der Waals surface area contributed by atoms with Gasteiger partial charge in [0.05, 0.1) is 17.4 Å². The summed E-state index contributed by atoms with van der Waals surface area (Å²) in [5, 5.41) is 10.3. The maximum Gasteiger partial charge on any atom is 0.241 e. The molecular formula is C12H14ClN5O. The Morgan fingerprint density at radius 2 is 2.26 bits per heavy atom. The van der Waals surface area contributed by atoms with Crippen LogP contribution in [0.3, 0.4) is 0 Å². The number of amides is 1. The van der Waals surface area contributed by atoms with E-state index >= 15 is 0 Å². The fourth-order valence-electron chi connectivity index (χ4n) is 1.51. The molecule has 0 saturated carbocycles.